The van der Waals surface area contributed by atoms with Crippen molar-refractivity contribution in [3.63, 3.8) is 0 Å². The molecule has 0 spiro atoms. The minimum atomic E-state index is -0.0517. The summed E-state index contributed by atoms with van der Waals surface area (Å²) in [5, 5.41) is 11.6. The number of hydrogen-bond acceptors (Lipinski definition) is 3. The first kappa shape index (κ1) is 10.9. The van der Waals surface area contributed by atoms with Crippen molar-refractivity contribution in [1.29, 1.82) is 0 Å². The Morgan fingerprint density at radius 2 is 2.14 bits per heavy atom. The monoisotopic (exact) mass is 195 g/mol. The Labute approximate surface area is 84.7 Å². The molecule has 0 aliphatic carbocycles. The van der Waals surface area contributed by atoms with Gasteiger partial charge in [-0.25, -0.2) is 0 Å². The molecule has 1 aromatic rings. The van der Waals surface area contributed by atoms with E-state index in [4.69, 9.17) is 9.84 Å². The number of benzene rings is 1. The van der Waals surface area contributed by atoms with Crippen LogP contribution >= 0.6 is 0 Å². The van der Waals surface area contributed by atoms with E-state index in [9.17, 15) is 0 Å². The zero-order chi connectivity index (χ0) is 10.6. The van der Waals surface area contributed by atoms with Crippen molar-refractivity contribution < 1.29 is 9.84 Å². The summed E-state index contributed by atoms with van der Waals surface area (Å²) in [5.41, 5.74) is 2.06. The van der Waals surface area contributed by atoms with E-state index in [0.717, 1.165) is 17.0 Å². The molecule has 3 nitrogen and oxygen atoms in total. The van der Waals surface area contributed by atoms with Crippen molar-refractivity contribution in [3.8, 4) is 5.75 Å². The molecule has 0 bridgehead atoms. The lowest BCUT2D eigenvalue weighted by Gasteiger charge is -2.13. The maximum absolute atomic E-state index is 8.73. The van der Waals surface area contributed by atoms with Crippen molar-refractivity contribution in [2.45, 2.75) is 19.8 Å². The molecule has 78 valence electrons. The number of anilines is 1. The summed E-state index contributed by atoms with van der Waals surface area (Å²) in [7, 11) is 1.67. The van der Waals surface area contributed by atoms with Crippen molar-refractivity contribution >= 4 is 5.69 Å². The van der Waals surface area contributed by atoms with Gasteiger partial charge in [-0.2, -0.15) is 0 Å². The van der Waals surface area contributed by atoms with Gasteiger partial charge in [0.2, 0.25) is 0 Å². The third-order valence-corrected chi connectivity index (χ3v) is 2.13. The van der Waals surface area contributed by atoms with Crippen LogP contribution in [-0.2, 0) is 0 Å². The maximum Gasteiger partial charge on any atom is 0.122 e. The van der Waals surface area contributed by atoms with Crippen LogP contribution < -0.4 is 10.1 Å². The molecule has 0 amide bonds. The highest BCUT2D eigenvalue weighted by Crippen LogP contribution is 2.28. The highest BCUT2D eigenvalue weighted by molar-refractivity contribution is 5.52. The number of aliphatic hydroxyl groups is 1. The number of methoxy groups -OCH3 is 1. The number of hydrogen-bond donors (Lipinski definition) is 2. The molecule has 0 unspecified atom stereocenters. The van der Waals surface area contributed by atoms with E-state index in [1.807, 2.05) is 18.2 Å². The minimum absolute atomic E-state index is 0.0517. The topological polar surface area (TPSA) is 41.5 Å². The van der Waals surface area contributed by atoms with Crippen LogP contribution in [0.4, 0.5) is 5.69 Å². The summed E-state index contributed by atoms with van der Waals surface area (Å²) in [4.78, 5) is 0. The molecule has 0 aromatic heterocycles. The van der Waals surface area contributed by atoms with Gasteiger partial charge in [0.15, 0.2) is 0 Å². The largest absolute Gasteiger partial charge is 0.496 e. The zero-order valence-corrected chi connectivity index (χ0v) is 8.87. The third-order valence-electron chi connectivity index (χ3n) is 2.13. The van der Waals surface area contributed by atoms with Crippen LogP contribution in [-0.4, -0.2) is 18.9 Å². The molecule has 1 rings (SSSR count). The molecule has 0 radical (unpaired) electrons. The van der Waals surface area contributed by atoms with Crippen LogP contribution in [0.1, 0.15) is 25.3 Å². The van der Waals surface area contributed by atoms with Crippen molar-refractivity contribution in [3.05, 3.63) is 23.8 Å². The van der Waals surface area contributed by atoms with Crippen LogP contribution in [0.2, 0.25) is 0 Å². The van der Waals surface area contributed by atoms with Gasteiger partial charge < -0.3 is 15.2 Å². The average molecular weight is 195 g/mol. The minimum Gasteiger partial charge on any atom is -0.496 e. The summed E-state index contributed by atoms with van der Waals surface area (Å²) < 4.78 is 5.25. The van der Waals surface area contributed by atoms with E-state index in [0.29, 0.717) is 5.92 Å². The van der Waals surface area contributed by atoms with Gasteiger partial charge in [-0.05, 0) is 29.7 Å². The molecule has 1 aromatic carbocycles. The Morgan fingerprint density at radius 3 is 2.64 bits per heavy atom. The van der Waals surface area contributed by atoms with Crippen LogP contribution in [0.15, 0.2) is 18.2 Å². The van der Waals surface area contributed by atoms with Crippen LogP contribution in [0.3, 0.4) is 0 Å². The first-order valence-corrected chi connectivity index (χ1v) is 4.71. The van der Waals surface area contributed by atoms with Crippen LogP contribution in [0.25, 0.3) is 0 Å². The molecular formula is C11H17NO2. The summed E-state index contributed by atoms with van der Waals surface area (Å²) >= 11 is 0. The number of ether oxygens (including phenoxy) is 1. The van der Waals surface area contributed by atoms with Gasteiger partial charge in [-0.3, -0.25) is 0 Å². The molecule has 0 atom stereocenters. The molecule has 3 heteroatoms. The van der Waals surface area contributed by atoms with E-state index in [1.165, 1.54) is 0 Å². The van der Waals surface area contributed by atoms with E-state index in [1.54, 1.807) is 7.11 Å². The maximum atomic E-state index is 8.73. The molecule has 0 heterocycles. The Kier molecular flexibility index (Phi) is 3.77. The lowest BCUT2D eigenvalue weighted by Crippen LogP contribution is -2.01. The molecule has 0 aliphatic rings. The van der Waals surface area contributed by atoms with Crippen molar-refractivity contribution in [2.75, 3.05) is 19.2 Å². The fraction of sp³-hybridized carbons (Fsp3) is 0.455. The van der Waals surface area contributed by atoms with E-state index >= 15 is 0 Å². The van der Waals surface area contributed by atoms with E-state index in [2.05, 4.69) is 19.2 Å². The fourth-order valence-electron chi connectivity index (χ4n) is 1.39. The van der Waals surface area contributed by atoms with Gasteiger partial charge in [0.05, 0.1) is 7.11 Å². The lowest BCUT2D eigenvalue weighted by molar-refractivity contribution is 0.325. The van der Waals surface area contributed by atoms with E-state index in [-0.39, 0.29) is 6.73 Å². The van der Waals surface area contributed by atoms with Crippen molar-refractivity contribution in [2.24, 2.45) is 0 Å². The number of nitrogens with one attached hydrogen (secondary N) is 1. The predicted octanol–water partition coefficient (Wildman–Crippen LogP) is 2.18. The predicted molar refractivity (Wildman–Crippen MR) is 57.8 cm³/mol. The molecular weight excluding hydrogens is 178 g/mol. The van der Waals surface area contributed by atoms with Gasteiger partial charge in [-0.1, -0.05) is 13.8 Å². The summed E-state index contributed by atoms with van der Waals surface area (Å²) in [5.74, 6) is 1.30. The molecule has 0 fully saturated rings. The quantitative estimate of drug-likeness (QED) is 0.723. The Bertz CT molecular complexity index is 297. The van der Waals surface area contributed by atoms with Crippen molar-refractivity contribution in [1.82, 2.24) is 0 Å². The van der Waals surface area contributed by atoms with Gasteiger partial charge in [0.1, 0.15) is 12.5 Å². The Balaban J connectivity index is 3.01. The van der Waals surface area contributed by atoms with Gasteiger partial charge in [0, 0.05) is 5.69 Å². The first-order chi connectivity index (χ1) is 6.69. The van der Waals surface area contributed by atoms with E-state index < -0.39 is 0 Å². The molecule has 0 aliphatic heterocycles. The first-order valence-electron chi connectivity index (χ1n) is 4.71. The third kappa shape index (κ3) is 2.39. The highest BCUT2D eigenvalue weighted by Gasteiger charge is 2.07. The van der Waals surface area contributed by atoms with Gasteiger partial charge in [0.25, 0.3) is 0 Å². The SMILES string of the molecule is COc1ccc(NCO)cc1C(C)C. The number of aliphatic hydroxyl groups excluding tert-OH is 1. The summed E-state index contributed by atoms with van der Waals surface area (Å²) in [6.07, 6.45) is 0. The van der Waals surface area contributed by atoms with Crippen LogP contribution in [0, 0.1) is 0 Å². The average Bonchev–Trinajstić information content (AvgIpc) is 2.18. The second-order valence-corrected chi connectivity index (χ2v) is 3.45. The zero-order valence-electron chi connectivity index (χ0n) is 8.87. The lowest BCUT2D eigenvalue weighted by atomic mass is 10.0. The summed E-state index contributed by atoms with van der Waals surface area (Å²) in [6.45, 7) is 4.17. The summed E-state index contributed by atoms with van der Waals surface area (Å²) in [6, 6.07) is 5.80. The fourth-order valence-corrected chi connectivity index (χ4v) is 1.39. The second kappa shape index (κ2) is 4.86. The van der Waals surface area contributed by atoms with Gasteiger partial charge in [-0.15, -0.1) is 0 Å². The molecule has 2 N–H and O–H groups in total. The molecule has 0 saturated heterocycles. The van der Waals surface area contributed by atoms with Gasteiger partial charge >= 0.3 is 0 Å². The highest BCUT2D eigenvalue weighted by atomic mass is 16.5. The second-order valence-electron chi connectivity index (χ2n) is 3.45. The Hall–Kier alpha value is -1.22. The Morgan fingerprint density at radius 1 is 1.43 bits per heavy atom. The smallest absolute Gasteiger partial charge is 0.122 e. The normalized spacial score (nSPS) is 10.4. The standard InChI is InChI=1S/C11H17NO2/c1-8(2)10-6-9(12-7-13)4-5-11(10)14-3/h4-6,8,12-13H,7H2,1-3H3. The molecule has 0 saturated carbocycles. The molecule has 14 heavy (non-hydrogen) atoms. The number of rotatable bonds is 4. The van der Waals surface area contributed by atoms with Crippen LogP contribution in [0.5, 0.6) is 5.75 Å².